The Morgan fingerprint density at radius 2 is 1.67 bits per heavy atom. The molecule has 3 rings (SSSR count). The number of hydrogen-bond acceptors (Lipinski definition) is 5. The molecule has 2 aromatic rings. The number of halogens is 1. The number of nitrogens with zero attached hydrogens (tertiary/aromatic N) is 1. The van der Waals surface area contributed by atoms with E-state index < -0.39 is 15.8 Å². The number of hydrogen-bond donors (Lipinski definition) is 3. The van der Waals surface area contributed by atoms with Crippen LogP contribution in [0.3, 0.4) is 0 Å². The number of rotatable bonds is 5. The van der Waals surface area contributed by atoms with Gasteiger partial charge in [-0.1, -0.05) is 0 Å². The molecule has 0 aromatic heterocycles. The van der Waals surface area contributed by atoms with Crippen molar-refractivity contribution in [3.63, 3.8) is 0 Å². The Morgan fingerprint density at radius 3 is 2.26 bits per heavy atom. The van der Waals surface area contributed by atoms with Crippen LogP contribution in [0.15, 0.2) is 47.4 Å². The third-order valence-corrected chi connectivity index (χ3v) is 6.50. The molecule has 3 N–H and O–H groups in total. The summed E-state index contributed by atoms with van der Waals surface area (Å²) in [5, 5.41) is 18.8. The summed E-state index contributed by atoms with van der Waals surface area (Å²) in [4.78, 5) is 13.3. The van der Waals surface area contributed by atoms with Crippen LogP contribution in [0.1, 0.15) is 10.4 Å². The molecule has 1 aliphatic rings. The van der Waals surface area contributed by atoms with Crippen molar-refractivity contribution in [1.29, 1.82) is 0 Å². The molecule has 0 spiro atoms. The lowest BCUT2D eigenvalue weighted by molar-refractivity contribution is -0.895. The van der Waals surface area contributed by atoms with E-state index in [1.54, 1.807) is 0 Å². The highest BCUT2D eigenvalue weighted by Gasteiger charge is 2.31. The Kier molecular flexibility index (Phi) is 5.45. The van der Waals surface area contributed by atoms with Crippen LogP contribution in [-0.4, -0.2) is 61.4 Å². The molecule has 1 heterocycles. The topological polar surface area (TPSA) is 99.4 Å². The van der Waals surface area contributed by atoms with Gasteiger partial charge in [0, 0.05) is 5.56 Å². The maximum atomic E-state index is 13.0. The number of Topliss-reactive ketones (excluding diaryl/α,β-unsaturated/α-hetero) is 1. The van der Waals surface area contributed by atoms with Crippen molar-refractivity contribution in [3.05, 3.63) is 53.8 Å². The third-order valence-electron chi connectivity index (χ3n) is 4.59. The van der Waals surface area contributed by atoms with E-state index in [0.29, 0.717) is 18.7 Å². The average molecular weight is 395 g/mol. The standard InChI is InChI=1S/C18H19FN2O5S/c19-14-2-4-15(5-3-14)27(25,26)21-9-7-20(8-10-21)12-18(24)13-1-6-16(22)17(23)11-13/h1-6,11,22-23H,7-10,12H2/p+1. The molecule has 9 heteroatoms. The highest BCUT2D eigenvalue weighted by Crippen LogP contribution is 2.24. The summed E-state index contributed by atoms with van der Waals surface area (Å²) >= 11 is 0. The summed E-state index contributed by atoms with van der Waals surface area (Å²) in [6.07, 6.45) is 0. The van der Waals surface area contributed by atoms with Gasteiger partial charge in [0.15, 0.2) is 11.5 Å². The molecular formula is C18H20FN2O5S+. The molecule has 1 aliphatic heterocycles. The van der Waals surface area contributed by atoms with Crippen LogP contribution >= 0.6 is 0 Å². The number of ketones is 1. The first-order valence-electron chi connectivity index (χ1n) is 8.42. The highest BCUT2D eigenvalue weighted by atomic mass is 32.2. The quantitative estimate of drug-likeness (QED) is 0.489. The molecule has 0 aliphatic carbocycles. The van der Waals surface area contributed by atoms with Crippen LogP contribution in [0.4, 0.5) is 4.39 Å². The largest absolute Gasteiger partial charge is 0.504 e. The molecule has 7 nitrogen and oxygen atoms in total. The van der Waals surface area contributed by atoms with Gasteiger partial charge in [-0.15, -0.1) is 0 Å². The Labute approximate surface area is 156 Å². The zero-order valence-corrected chi connectivity index (χ0v) is 15.2. The van der Waals surface area contributed by atoms with Crippen molar-refractivity contribution in [2.24, 2.45) is 0 Å². The van der Waals surface area contributed by atoms with Gasteiger partial charge in [0.25, 0.3) is 0 Å². The van der Waals surface area contributed by atoms with E-state index in [0.717, 1.165) is 17.0 Å². The second-order valence-electron chi connectivity index (χ2n) is 6.41. The second-order valence-corrected chi connectivity index (χ2v) is 8.35. The summed E-state index contributed by atoms with van der Waals surface area (Å²) in [6, 6.07) is 8.61. The molecule has 2 aromatic carbocycles. The number of nitrogens with one attached hydrogen (secondary N) is 1. The van der Waals surface area contributed by atoms with Crippen molar-refractivity contribution in [2.75, 3.05) is 32.7 Å². The van der Waals surface area contributed by atoms with E-state index in [1.165, 1.54) is 34.6 Å². The fourth-order valence-corrected chi connectivity index (χ4v) is 4.44. The van der Waals surface area contributed by atoms with E-state index in [2.05, 4.69) is 0 Å². The zero-order chi connectivity index (χ0) is 19.6. The molecule has 144 valence electrons. The number of phenolic OH excluding ortho intramolecular Hbond substituents is 2. The van der Waals surface area contributed by atoms with Crippen LogP contribution in [0, 0.1) is 5.82 Å². The van der Waals surface area contributed by atoms with Crippen LogP contribution in [0.2, 0.25) is 0 Å². The number of carbonyl (C=O) groups excluding carboxylic acids is 1. The van der Waals surface area contributed by atoms with E-state index in [4.69, 9.17) is 0 Å². The highest BCUT2D eigenvalue weighted by molar-refractivity contribution is 7.89. The normalized spacial score (nSPS) is 16.3. The van der Waals surface area contributed by atoms with Gasteiger partial charge in [-0.25, -0.2) is 12.8 Å². The Bertz CT molecular complexity index is 939. The predicted octanol–water partition coefficient (Wildman–Crippen LogP) is 0.00900. The summed E-state index contributed by atoms with van der Waals surface area (Å²) in [7, 11) is -3.69. The predicted molar refractivity (Wildman–Crippen MR) is 94.8 cm³/mol. The van der Waals surface area contributed by atoms with E-state index in [-0.39, 0.29) is 41.8 Å². The molecular weight excluding hydrogens is 375 g/mol. The van der Waals surface area contributed by atoms with E-state index >= 15 is 0 Å². The Hall–Kier alpha value is -2.49. The summed E-state index contributed by atoms with van der Waals surface area (Å²) in [6.45, 7) is 1.58. The third kappa shape index (κ3) is 4.26. The minimum atomic E-state index is -3.69. The molecule has 0 bridgehead atoms. The molecule has 1 fully saturated rings. The van der Waals surface area contributed by atoms with Gasteiger partial charge in [0.2, 0.25) is 15.8 Å². The minimum Gasteiger partial charge on any atom is -0.504 e. The Balaban J connectivity index is 1.60. The van der Waals surface area contributed by atoms with Crippen molar-refractivity contribution in [1.82, 2.24) is 4.31 Å². The van der Waals surface area contributed by atoms with Crippen LogP contribution in [0.5, 0.6) is 11.5 Å². The number of piperazine rings is 1. The molecule has 0 saturated carbocycles. The molecule has 1 saturated heterocycles. The SMILES string of the molecule is O=C(C[NH+]1CCN(S(=O)(=O)c2ccc(F)cc2)CC1)c1ccc(O)c(O)c1. The number of phenols is 2. The van der Waals surface area contributed by atoms with Gasteiger partial charge >= 0.3 is 0 Å². The van der Waals surface area contributed by atoms with E-state index in [9.17, 15) is 27.8 Å². The first-order valence-corrected chi connectivity index (χ1v) is 9.86. The number of carbonyl (C=O) groups is 1. The maximum Gasteiger partial charge on any atom is 0.243 e. The minimum absolute atomic E-state index is 0.0444. The molecule has 0 unspecified atom stereocenters. The summed E-state index contributed by atoms with van der Waals surface area (Å²) in [5.41, 5.74) is 0.291. The van der Waals surface area contributed by atoms with Crippen molar-refractivity contribution < 1.29 is 32.7 Å². The second kappa shape index (κ2) is 7.63. The first kappa shape index (κ1) is 19.3. The van der Waals surface area contributed by atoms with Crippen molar-refractivity contribution in [3.8, 4) is 11.5 Å². The molecule has 27 heavy (non-hydrogen) atoms. The first-order chi connectivity index (χ1) is 12.8. The fourth-order valence-electron chi connectivity index (χ4n) is 3.00. The van der Waals surface area contributed by atoms with Crippen LogP contribution in [-0.2, 0) is 10.0 Å². The van der Waals surface area contributed by atoms with Crippen LogP contribution in [0.25, 0.3) is 0 Å². The lowest BCUT2D eigenvalue weighted by Gasteiger charge is -2.31. The smallest absolute Gasteiger partial charge is 0.243 e. The van der Waals surface area contributed by atoms with Gasteiger partial charge in [-0.05, 0) is 42.5 Å². The number of aromatic hydroxyl groups is 2. The average Bonchev–Trinajstić information content (AvgIpc) is 2.64. The molecule has 0 atom stereocenters. The molecule has 0 radical (unpaired) electrons. The van der Waals surface area contributed by atoms with Gasteiger partial charge in [-0.3, -0.25) is 4.79 Å². The number of sulfonamides is 1. The van der Waals surface area contributed by atoms with Crippen molar-refractivity contribution >= 4 is 15.8 Å². The zero-order valence-electron chi connectivity index (χ0n) is 14.4. The van der Waals surface area contributed by atoms with Gasteiger partial charge in [0.05, 0.1) is 31.1 Å². The van der Waals surface area contributed by atoms with Crippen LogP contribution < -0.4 is 4.90 Å². The number of quaternary nitrogens is 1. The lowest BCUT2D eigenvalue weighted by atomic mass is 10.1. The molecule has 0 amide bonds. The monoisotopic (exact) mass is 395 g/mol. The van der Waals surface area contributed by atoms with Crippen molar-refractivity contribution in [2.45, 2.75) is 4.90 Å². The Morgan fingerprint density at radius 1 is 1.04 bits per heavy atom. The van der Waals surface area contributed by atoms with Gasteiger partial charge in [-0.2, -0.15) is 4.31 Å². The fraction of sp³-hybridized carbons (Fsp3) is 0.278. The maximum absolute atomic E-state index is 13.0. The summed E-state index contributed by atoms with van der Waals surface area (Å²) in [5.74, 6) is -1.35. The van der Waals surface area contributed by atoms with Gasteiger partial charge < -0.3 is 15.1 Å². The van der Waals surface area contributed by atoms with Gasteiger partial charge in [0.1, 0.15) is 12.4 Å². The van der Waals surface area contributed by atoms with E-state index in [1.807, 2.05) is 0 Å². The lowest BCUT2D eigenvalue weighted by Crippen LogP contribution is -3.15. The number of benzene rings is 2. The summed E-state index contributed by atoms with van der Waals surface area (Å²) < 4.78 is 39.5.